The van der Waals surface area contributed by atoms with Gasteiger partial charge in [0.2, 0.25) is 0 Å². The molecule has 0 saturated carbocycles. The zero-order valence-corrected chi connectivity index (χ0v) is 17.3. The summed E-state index contributed by atoms with van der Waals surface area (Å²) >= 11 is 1.55. The third kappa shape index (κ3) is 2.98. The summed E-state index contributed by atoms with van der Waals surface area (Å²) in [5, 5.41) is 15.7. The van der Waals surface area contributed by atoms with Gasteiger partial charge in [-0.1, -0.05) is 24.3 Å². The van der Waals surface area contributed by atoms with Crippen LogP contribution in [0.4, 0.5) is 11.5 Å². The van der Waals surface area contributed by atoms with Crippen molar-refractivity contribution in [3.05, 3.63) is 72.6 Å². The summed E-state index contributed by atoms with van der Waals surface area (Å²) < 4.78 is 7.10. The first-order valence-corrected chi connectivity index (χ1v) is 10.6. The largest absolute Gasteiger partial charge is 0.507 e. The van der Waals surface area contributed by atoms with Crippen molar-refractivity contribution >= 4 is 55.1 Å². The fourth-order valence-corrected chi connectivity index (χ4v) is 4.70. The maximum absolute atomic E-state index is 10.7. The van der Waals surface area contributed by atoms with Crippen LogP contribution in [0.3, 0.4) is 0 Å². The molecule has 0 aliphatic heterocycles. The van der Waals surface area contributed by atoms with E-state index in [2.05, 4.69) is 20.3 Å². The van der Waals surface area contributed by atoms with E-state index < -0.39 is 0 Å². The van der Waals surface area contributed by atoms with Crippen molar-refractivity contribution in [2.24, 2.45) is 0 Å². The normalized spacial score (nSPS) is 11.5. The predicted molar refractivity (Wildman–Crippen MR) is 124 cm³/mol. The van der Waals surface area contributed by atoms with Gasteiger partial charge in [0.15, 0.2) is 11.4 Å². The van der Waals surface area contributed by atoms with Crippen LogP contribution < -0.4 is 5.32 Å². The summed E-state index contributed by atoms with van der Waals surface area (Å²) in [6, 6.07) is 21.2. The molecule has 6 aromatic rings. The Morgan fingerprint density at radius 2 is 1.77 bits per heavy atom. The number of nitrogens with zero attached hydrogens (tertiary/aromatic N) is 3. The van der Waals surface area contributed by atoms with E-state index >= 15 is 0 Å². The van der Waals surface area contributed by atoms with Crippen LogP contribution in [-0.4, -0.2) is 20.1 Å². The molecule has 7 heteroatoms. The van der Waals surface area contributed by atoms with Crippen LogP contribution in [-0.2, 0) is 0 Å². The zero-order chi connectivity index (χ0) is 20.9. The lowest BCUT2D eigenvalue weighted by Gasteiger charge is -2.09. The molecule has 0 aliphatic carbocycles. The number of thiazole rings is 1. The number of nitrogens with one attached hydrogen (secondary N) is 1. The number of benzene rings is 3. The molecule has 6 rings (SSSR count). The van der Waals surface area contributed by atoms with Gasteiger partial charge in [-0.05, 0) is 43.3 Å². The number of rotatable bonds is 3. The van der Waals surface area contributed by atoms with Gasteiger partial charge in [0.25, 0.3) is 0 Å². The Labute approximate surface area is 180 Å². The van der Waals surface area contributed by atoms with E-state index in [-0.39, 0.29) is 5.75 Å². The van der Waals surface area contributed by atoms with Gasteiger partial charge in [-0.15, -0.1) is 11.3 Å². The number of fused-ring (bicyclic) bond motifs is 4. The van der Waals surface area contributed by atoms with Gasteiger partial charge >= 0.3 is 0 Å². The highest BCUT2D eigenvalue weighted by Gasteiger charge is 2.16. The molecule has 3 heterocycles. The molecule has 0 bridgehead atoms. The van der Waals surface area contributed by atoms with Crippen LogP contribution in [0.2, 0.25) is 0 Å². The molecule has 6 nitrogen and oxygen atoms in total. The van der Waals surface area contributed by atoms with Crippen molar-refractivity contribution in [2.75, 3.05) is 5.32 Å². The van der Waals surface area contributed by atoms with Crippen molar-refractivity contribution in [1.82, 2.24) is 15.0 Å². The molecule has 150 valence electrons. The van der Waals surface area contributed by atoms with Crippen molar-refractivity contribution in [1.29, 1.82) is 0 Å². The van der Waals surface area contributed by atoms with Crippen molar-refractivity contribution in [2.45, 2.75) is 6.92 Å². The van der Waals surface area contributed by atoms with Gasteiger partial charge in [0.05, 0.1) is 15.8 Å². The number of anilines is 2. The Bertz CT molecular complexity index is 1570. The fourth-order valence-electron chi connectivity index (χ4n) is 3.70. The first-order valence-electron chi connectivity index (χ1n) is 9.77. The minimum absolute atomic E-state index is 0.149. The Hall–Kier alpha value is -3.97. The SMILES string of the molecule is Cc1nc(Nc2ccc(-c3nc4ccccc4s3)c(O)c2)c2oc3ccccc3c2n1. The smallest absolute Gasteiger partial charge is 0.196 e. The number of phenolic OH excluding ortho intramolecular Hbond substituents is 1. The molecule has 0 aliphatic rings. The van der Waals surface area contributed by atoms with E-state index in [4.69, 9.17) is 4.42 Å². The number of aromatic hydroxyl groups is 1. The molecule has 0 unspecified atom stereocenters. The molecule has 0 atom stereocenters. The average molecular weight is 424 g/mol. The van der Waals surface area contributed by atoms with Crippen LogP contribution in [0, 0.1) is 6.92 Å². The van der Waals surface area contributed by atoms with Crippen LogP contribution in [0.25, 0.3) is 42.9 Å². The average Bonchev–Trinajstić information content (AvgIpc) is 3.35. The van der Waals surface area contributed by atoms with Crippen LogP contribution in [0.15, 0.2) is 71.1 Å². The van der Waals surface area contributed by atoms with Crippen molar-refractivity contribution < 1.29 is 9.52 Å². The highest BCUT2D eigenvalue weighted by atomic mass is 32.1. The number of para-hydroxylation sites is 2. The van der Waals surface area contributed by atoms with Crippen LogP contribution in [0.5, 0.6) is 5.75 Å². The van der Waals surface area contributed by atoms with Gasteiger partial charge in [-0.25, -0.2) is 15.0 Å². The van der Waals surface area contributed by atoms with E-state index in [1.165, 1.54) is 0 Å². The Balaban J connectivity index is 1.41. The maximum Gasteiger partial charge on any atom is 0.196 e. The molecule has 31 heavy (non-hydrogen) atoms. The van der Waals surface area contributed by atoms with Crippen LogP contribution in [0.1, 0.15) is 5.82 Å². The molecule has 0 fully saturated rings. The minimum atomic E-state index is 0.149. The Morgan fingerprint density at radius 3 is 2.65 bits per heavy atom. The number of hydrogen-bond donors (Lipinski definition) is 2. The van der Waals surface area contributed by atoms with Crippen molar-refractivity contribution in [3.63, 3.8) is 0 Å². The summed E-state index contributed by atoms with van der Waals surface area (Å²) in [5.74, 6) is 1.35. The quantitative estimate of drug-likeness (QED) is 0.341. The first kappa shape index (κ1) is 17.9. The van der Waals surface area contributed by atoms with E-state index in [9.17, 15) is 5.11 Å². The van der Waals surface area contributed by atoms with Gasteiger partial charge in [0.1, 0.15) is 27.7 Å². The topological polar surface area (TPSA) is 84.1 Å². The van der Waals surface area contributed by atoms with E-state index in [1.807, 2.05) is 67.6 Å². The van der Waals surface area contributed by atoms with Gasteiger partial charge < -0.3 is 14.8 Å². The number of hydrogen-bond acceptors (Lipinski definition) is 7. The Morgan fingerprint density at radius 1 is 0.935 bits per heavy atom. The standard InChI is InChI=1S/C24H16N4O2S/c1-13-25-21-16-6-2-4-8-19(16)30-22(21)23(26-13)27-14-10-11-15(18(29)12-14)24-28-17-7-3-5-9-20(17)31-24/h2-12,29H,1H3,(H,25,26,27). The van der Waals surface area contributed by atoms with E-state index in [0.29, 0.717) is 28.5 Å². The van der Waals surface area contributed by atoms with E-state index in [0.717, 1.165) is 31.7 Å². The second kappa shape index (κ2) is 6.78. The molecular weight excluding hydrogens is 408 g/mol. The number of aromatic nitrogens is 3. The zero-order valence-electron chi connectivity index (χ0n) is 16.5. The van der Waals surface area contributed by atoms with E-state index in [1.54, 1.807) is 17.4 Å². The van der Waals surface area contributed by atoms with Gasteiger partial charge in [0, 0.05) is 17.1 Å². The fraction of sp³-hybridized carbons (Fsp3) is 0.0417. The summed E-state index contributed by atoms with van der Waals surface area (Å²) in [7, 11) is 0. The minimum Gasteiger partial charge on any atom is -0.507 e. The summed E-state index contributed by atoms with van der Waals surface area (Å²) in [6.45, 7) is 1.85. The predicted octanol–water partition coefficient (Wildman–Crippen LogP) is 6.41. The van der Waals surface area contributed by atoms with Crippen LogP contribution >= 0.6 is 11.3 Å². The molecular formula is C24H16N4O2S. The number of furan rings is 1. The molecule has 0 amide bonds. The monoisotopic (exact) mass is 424 g/mol. The first-order chi connectivity index (χ1) is 15.2. The Kier molecular flexibility index (Phi) is 3.91. The molecule has 2 N–H and O–H groups in total. The highest BCUT2D eigenvalue weighted by Crippen LogP contribution is 2.38. The second-order valence-corrected chi connectivity index (χ2v) is 8.27. The summed E-state index contributed by atoms with van der Waals surface area (Å²) in [4.78, 5) is 13.7. The maximum atomic E-state index is 10.7. The summed E-state index contributed by atoms with van der Waals surface area (Å²) in [5.41, 5.74) is 4.42. The lowest BCUT2D eigenvalue weighted by Crippen LogP contribution is -1.98. The van der Waals surface area contributed by atoms with Gasteiger partial charge in [-0.3, -0.25) is 0 Å². The lowest BCUT2D eigenvalue weighted by atomic mass is 10.2. The number of phenols is 1. The van der Waals surface area contributed by atoms with Gasteiger partial charge in [-0.2, -0.15) is 0 Å². The third-order valence-corrected chi connectivity index (χ3v) is 6.19. The summed E-state index contributed by atoms with van der Waals surface area (Å²) in [6.07, 6.45) is 0. The molecule has 0 spiro atoms. The molecule has 3 aromatic heterocycles. The third-order valence-electron chi connectivity index (χ3n) is 5.12. The molecule has 0 radical (unpaired) electrons. The molecule has 3 aromatic carbocycles. The highest BCUT2D eigenvalue weighted by molar-refractivity contribution is 7.21. The van der Waals surface area contributed by atoms with Crippen molar-refractivity contribution in [3.8, 4) is 16.3 Å². The number of aryl methyl sites for hydroxylation is 1. The second-order valence-electron chi connectivity index (χ2n) is 7.24. The molecule has 0 saturated heterocycles. The lowest BCUT2D eigenvalue weighted by molar-refractivity contribution is 0.477.